The highest BCUT2D eigenvalue weighted by Crippen LogP contribution is 2.16. The molecule has 0 aromatic heterocycles. The van der Waals surface area contributed by atoms with Crippen LogP contribution in [-0.4, -0.2) is 19.2 Å². The minimum Gasteiger partial charge on any atom is -0.273 e. The summed E-state index contributed by atoms with van der Waals surface area (Å²) in [6, 6.07) is 14.5. The van der Waals surface area contributed by atoms with E-state index in [0.29, 0.717) is 5.56 Å². The number of carbonyl (C=O) groups is 1. The van der Waals surface area contributed by atoms with Gasteiger partial charge in [0.05, 0.1) is 9.82 Å². The summed E-state index contributed by atoms with van der Waals surface area (Å²) in [5.74, 6) is -0.967. The lowest BCUT2D eigenvalue weighted by Crippen LogP contribution is -2.42. The van der Waals surface area contributed by atoms with Crippen molar-refractivity contribution in [2.75, 3.05) is 0 Å². The second-order valence-electron chi connectivity index (χ2n) is 4.89. The fraction of sp³-hybridized carbons (Fsp3) is 0. The molecule has 132 valence electrons. The lowest BCUT2D eigenvalue weighted by Gasteiger charge is -2.08. The molecule has 0 unspecified atom stereocenters. The van der Waals surface area contributed by atoms with Gasteiger partial charge < -0.3 is 0 Å². The lowest BCUT2D eigenvalue weighted by molar-refractivity contribution is -0.385. The minimum atomic E-state index is -4.25. The van der Waals surface area contributed by atoms with E-state index in [1.54, 1.807) is 41.2 Å². The highest BCUT2D eigenvalue weighted by Gasteiger charge is 2.19. The Hall–Kier alpha value is -3.55. The minimum absolute atomic E-state index is 0.321. The normalized spacial score (nSPS) is 11.4. The van der Waals surface area contributed by atoms with Gasteiger partial charge in [0.1, 0.15) is 11.6 Å². The third-order valence-corrected chi connectivity index (χ3v) is 4.36. The van der Waals surface area contributed by atoms with Crippen molar-refractivity contribution in [1.82, 2.24) is 10.3 Å². The molecule has 9 nitrogen and oxygen atoms in total. The number of nitro groups is 1. The molecule has 0 fully saturated rings. The maximum Gasteiger partial charge on any atom is 0.276 e. The van der Waals surface area contributed by atoms with E-state index in [9.17, 15) is 23.3 Å². The first-order valence-electron chi connectivity index (χ1n) is 7.07. The summed E-state index contributed by atoms with van der Waals surface area (Å²) in [6.45, 7) is 0. The monoisotopic (exact) mass is 372 g/mol. The fourth-order valence-electron chi connectivity index (χ4n) is 1.87. The number of nitriles is 1. The van der Waals surface area contributed by atoms with Crippen LogP contribution in [0.5, 0.6) is 0 Å². The molecule has 0 atom stereocenters. The van der Waals surface area contributed by atoms with Gasteiger partial charge in [0.25, 0.3) is 21.6 Å². The summed E-state index contributed by atoms with van der Waals surface area (Å²) in [4.78, 5) is 23.4. The SMILES string of the molecule is N#CC(=Cc1ccccc1)C(=O)NNS(=O)(=O)c1cccc([N+](=O)[O-])c1. The van der Waals surface area contributed by atoms with E-state index in [-0.39, 0.29) is 5.57 Å². The average Bonchev–Trinajstić information content (AvgIpc) is 2.65. The van der Waals surface area contributed by atoms with Crippen molar-refractivity contribution < 1.29 is 18.1 Å². The van der Waals surface area contributed by atoms with Gasteiger partial charge in [-0.05, 0) is 17.7 Å². The molecule has 0 saturated heterocycles. The van der Waals surface area contributed by atoms with Crippen molar-refractivity contribution in [1.29, 1.82) is 5.26 Å². The number of hydrogen-bond acceptors (Lipinski definition) is 6. The number of non-ortho nitro benzene ring substituents is 1. The first-order valence-corrected chi connectivity index (χ1v) is 8.55. The van der Waals surface area contributed by atoms with Crippen molar-refractivity contribution in [3.63, 3.8) is 0 Å². The first kappa shape index (κ1) is 18.8. The van der Waals surface area contributed by atoms with Gasteiger partial charge in [0.15, 0.2) is 0 Å². The molecule has 0 heterocycles. The van der Waals surface area contributed by atoms with Crippen molar-refractivity contribution >= 4 is 27.7 Å². The Bertz CT molecular complexity index is 1010. The Morgan fingerprint density at radius 1 is 1.15 bits per heavy atom. The predicted octanol–water partition coefficient (Wildman–Crippen LogP) is 1.51. The number of rotatable bonds is 6. The molecule has 0 radical (unpaired) electrons. The number of hydrazine groups is 1. The van der Waals surface area contributed by atoms with Gasteiger partial charge >= 0.3 is 0 Å². The van der Waals surface area contributed by atoms with E-state index < -0.39 is 31.4 Å². The van der Waals surface area contributed by atoms with Crippen LogP contribution in [0.4, 0.5) is 5.69 Å². The number of nitrogens with one attached hydrogen (secondary N) is 2. The van der Waals surface area contributed by atoms with Gasteiger partial charge in [-0.25, -0.2) is 8.42 Å². The van der Waals surface area contributed by atoms with E-state index in [1.807, 2.05) is 5.43 Å². The molecular formula is C16H12N4O5S. The fourth-order valence-corrected chi connectivity index (χ4v) is 2.75. The summed E-state index contributed by atoms with van der Waals surface area (Å²) in [7, 11) is -4.25. The molecule has 0 aliphatic heterocycles. The van der Waals surface area contributed by atoms with Crippen LogP contribution in [0, 0.1) is 21.4 Å². The lowest BCUT2D eigenvalue weighted by atomic mass is 10.1. The maximum atomic E-state index is 12.1. The molecule has 2 rings (SSSR count). The van der Waals surface area contributed by atoms with E-state index >= 15 is 0 Å². The van der Waals surface area contributed by atoms with Crippen LogP contribution in [0.3, 0.4) is 0 Å². The molecule has 0 saturated carbocycles. The summed E-state index contributed by atoms with van der Waals surface area (Å²) < 4.78 is 24.3. The first-order chi connectivity index (χ1) is 12.3. The number of nitro benzene ring substituents is 1. The zero-order valence-electron chi connectivity index (χ0n) is 13.1. The molecule has 2 aromatic carbocycles. The van der Waals surface area contributed by atoms with Crippen molar-refractivity contribution in [2.24, 2.45) is 0 Å². The number of sulfonamides is 1. The molecule has 10 heteroatoms. The number of amides is 1. The highest BCUT2D eigenvalue weighted by molar-refractivity contribution is 7.89. The predicted molar refractivity (Wildman–Crippen MR) is 91.6 cm³/mol. The van der Waals surface area contributed by atoms with Crippen molar-refractivity contribution in [2.45, 2.75) is 4.90 Å². The maximum absolute atomic E-state index is 12.1. The molecular weight excluding hydrogens is 360 g/mol. The highest BCUT2D eigenvalue weighted by atomic mass is 32.2. The molecule has 0 bridgehead atoms. The summed E-state index contributed by atoms with van der Waals surface area (Å²) in [6.07, 6.45) is 1.29. The zero-order chi connectivity index (χ0) is 19.2. The number of benzene rings is 2. The summed E-state index contributed by atoms with van der Waals surface area (Å²) in [5, 5.41) is 19.8. The van der Waals surface area contributed by atoms with Crippen LogP contribution in [0.25, 0.3) is 6.08 Å². The standard InChI is InChI=1S/C16H12N4O5S/c17-11-13(9-12-5-2-1-3-6-12)16(21)18-19-26(24,25)15-8-4-7-14(10-15)20(22)23/h1-10,19H,(H,18,21). The average molecular weight is 372 g/mol. The quantitative estimate of drug-likeness (QED) is 0.341. The van der Waals surface area contributed by atoms with Gasteiger partial charge in [-0.2, -0.15) is 5.26 Å². The smallest absolute Gasteiger partial charge is 0.273 e. The number of carbonyl (C=O) groups excluding carboxylic acids is 1. The Kier molecular flexibility index (Phi) is 5.79. The van der Waals surface area contributed by atoms with Gasteiger partial charge in [0, 0.05) is 12.1 Å². The van der Waals surface area contributed by atoms with Gasteiger partial charge in [0.2, 0.25) is 0 Å². The van der Waals surface area contributed by atoms with Crippen molar-refractivity contribution in [3.05, 3.63) is 75.8 Å². The zero-order valence-corrected chi connectivity index (χ0v) is 13.9. The molecule has 1 amide bonds. The molecule has 26 heavy (non-hydrogen) atoms. The molecule has 2 aromatic rings. The van der Waals surface area contributed by atoms with Crippen LogP contribution < -0.4 is 10.3 Å². The third kappa shape index (κ3) is 4.73. The number of hydrogen-bond donors (Lipinski definition) is 2. The Labute approximate surface area is 148 Å². The second kappa shape index (κ2) is 8.02. The summed E-state index contributed by atoms with van der Waals surface area (Å²) in [5.41, 5.74) is 1.75. The second-order valence-corrected chi connectivity index (χ2v) is 6.58. The topological polar surface area (TPSA) is 142 Å². The molecule has 2 N–H and O–H groups in total. The molecule has 0 aliphatic carbocycles. The van der Waals surface area contributed by atoms with Gasteiger partial charge in [-0.3, -0.25) is 20.3 Å². The summed E-state index contributed by atoms with van der Waals surface area (Å²) >= 11 is 0. The van der Waals surface area contributed by atoms with E-state index in [1.165, 1.54) is 12.1 Å². The van der Waals surface area contributed by atoms with Crippen LogP contribution in [0.15, 0.2) is 65.1 Å². The largest absolute Gasteiger partial charge is 0.276 e. The van der Waals surface area contributed by atoms with Gasteiger partial charge in [-0.15, -0.1) is 4.83 Å². The Morgan fingerprint density at radius 2 is 1.85 bits per heavy atom. The van der Waals surface area contributed by atoms with Crippen LogP contribution >= 0.6 is 0 Å². The van der Waals surface area contributed by atoms with Crippen molar-refractivity contribution in [3.8, 4) is 6.07 Å². The number of nitrogens with zero attached hydrogens (tertiary/aromatic N) is 2. The van der Waals surface area contributed by atoms with Crippen LogP contribution in [0.2, 0.25) is 0 Å². The van der Waals surface area contributed by atoms with Gasteiger partial charge in [-0.1, -0.05) is 36.4 Å². The van der Waals surface area contributed by atoms with Crippen LogP contribution in [0.1, 0.15) is 5.56 Å². The Morgan fingerprint density at radius 3 is 2.46 bits per heavy atom. The van der Waals surface area contributed by atoms with E-state index in [0.717, 1.165) is 18.2 Å². The van der Waals surface area contributed by atoms with E-state index in [2.05, 4.69) is 0 Å². The van der Waals surface area contributed by atoms with E-state index in [4.69, 9.17) is 5.26 Å². The van der Waals surface area contributed by atoms with Crippen LogP contribution in [-0.2, 0) is 14.8 Å². The third-order valence-electron chi connectivity index (χ3n) is 3.11. The Balaban J connectivity index is 2.15. The molecule has 0 spiro atoms. The molecule has 0 aliphatic rings.